The van der Waals surface area contributed by atoms with Crippen molar-refractivity contribution in [2.24, 2.45) is 0 Å². The summed E-state index contributed by atoms with van der Waals surface area (Å²) in [4.78, 5) is 28.8. The summed E-state index contributed by atoms with van der Waals surface area (Å²) in [5.74, 6) is -0.830. The zero-order valence-electron chi connectivity index (χ0n) is 21.3. The van der Waals surface area contributed by atoms with Gasteiger partial charge in [0.15, 0.2) is 0 Å². The normalized spacial score (nSPS) is 12.0. The molecule has 202 valence electrons. The maximum Gasteiger partial charge on any atom is 0.244 e. The summed E-state index contributed by atoms with van der Waals surface area (Å²) >= 11 is 12.0. The van der Waals surface area contributed by atoms with Gasteiger partial charge in [0.2, 0.25) is 21.8 Å². The molecule has 2 amide bonds. The summed E-state index contributed by atoms with van der Waals surface area (Å²) in [6.45, 7) is 2.00. The predicted octanol–water partition coefficient (Wildman–Crippen LogP) is 4.93. The smallest absolute Gasteiger partial charge is 0.244 e. The highest BCUT2D eigenvalue weighted by atomic mass is 35.5. The minimum atomic E-state index is -3.83. The number of nitrogens with zero attached hydrogens (tertiary/aromatic N) is 2. The Hall–Kier alpha value is -3.07. The van der Waals surface area contributed by atoms with Crippen LogP contribution in [0.25, 0.3) is 0 Å². The lowest BCUT2D eigenvalue weighted by Gasteiger charge is -2.33. The van der Waals surface area contributed by atoms with Crippen molar-refractivity contribution in [3.63, 3.8) is 0 Å². The van der Waals surface area contributed by atoms with Gasteiger partial charge in [0, 0.05) is 29.6 Å². The molecule has 38 heavy (non-hydrogen) atoms. The Bertz CT molecular complexity index is 1320. The van der Waals surface area contributed by atoms with E-state index in [4.69, 9.17) is 23.2 Å². The number of rotatable bonds is 12. The lowest BCUT2D eigenvalue weighted by Crippen LogP contribution is -2.53. The molecule has 3 aromatic carbocycles. The average molecular weight is 577 g/mol. The average Bonchev–Trinajstić information content (AvgIpc) is 2.89. The number of benzene rings is 3. The fourth-order valence-electron chi connectivity index (χ4n) is 3.93. The summed E-state index contributed by atoms with van der Waals surface area (Å²) < 4.78 is 26.5. The number of nitrogens with one attached hydrogen (secondary N) is 1. The third kappa shape index (κ3) is 8.48. The minimum absolute atomic E-state index is 0.0886. The Morgan fingerprint density at radius 1 is 0.868 bits per heavy atom. The van der Waals surface area contributed by atoms with Crippen LogP contribution in [0.4, 0.5) is 5.69 Å². The molecule has 0 bridgehead atoms. The van der Waals surface area contributed by atoms with Crippen LogP contribution in [0.2, 0.25) is 10.0 Å². The zero-order valence-corrected chi connectivity index (χ0v) is 23.6. The van der Waals surface area contributed by atoms with Crippen LogP contribution in [0.5, 0.6) is 0 Å². The molecule has 0 heterocycles. The maximum atomic E-state index is 13.9. The Morgan fingerprint density at radius 3 is 2.00 bits per heavy atom. The van der Waals surface area contributed by atoms with E-state index in [9.17, 15) is 18.0 Å². The molecule has 10 heteroatoms. The van der Waals surface area contributed by atoms with Gasteiger partial charge in [0.05, 0.1) is 11.9 Å². The van der Waals surface area contributed by atoms with Crippen molar-refractivity contribution in [1.82, 2.24) is 10.2 Å². The first kappa shape index (κ1) is 29.5. The van der Waals surface area contributed by atoms with Crippen LogP contribution in [0.3, 0.4) is 0 Å². The predicted molar refractivity (Wildman–Crippen MR) is 153 cm³/mol. The summed E-state index contributed by atoms with van der Waals surface area (Å²) in [6.07, 6.45) is 2.02. The van der Waals surface area contributed by atoms with Crippen LogP contribution in [0.15, 0.2) is 78.9 Å². The Morgan fingerprint density at radius 2 is 1.45 bits per heavy atom. The van der Waals surface area contributed by atoms with Crippen LogP contribution in [-0.2, 0) is 32.6 Å². The molecule has 0 aliphatic carbocycles. The van der Waals surface area contributed by atoms with Crippen molar-refractivity contribution >= 4 is 50.7 Å². The molecule has 0 unspecified atom stereocenters. The van der Waals surface area contributed by atoms with Crippen LogP contribution in [0, 0.1) is 0 Å². The van der Waals surface area contributed by atoms with Gasteiger partial charge in [-0.3, -0.25) is 13.9 Å². The quantitative estimate of drug-likeness (QED) is 0.332. The highest BCUT2D eigenvalue weighted by molar-refractivity contribution is 7.92. The topological polar surface area (TPSA) is 86.8 Å². The van der Waals surface area contributed by atoms with E-state index in [1.54, 1.807) is 36.4 Å². The molecule has 0 saturated heterocycles. The van der Waals surface area contributed by atoms with E-state index in [0.29, 0.717) is 22.3 Å². The second kappa shape index (κ2) is 13.6. The standard InChI is InChI=1S/C28H31Cl2N3O4S/c1-3-17-31-28(35)26(18-21-7-5-4-6-8-21)32(19-22-9-11-23(29)12-10-22)27(34)20-33(38(2,36)37)25-15-13-24(30)14-16-25/h4-16,26H,3,17-20H2,1-2H3,(H,31,35)/t26-/m1/s1. The van der Waals surface area contributed by atoms with Gasteiger partial charge in [-0.15, -0.1) is 0 Å². The molecule has 1 atom stereocenters. The van der Waals surface area contributed by atoms with Crippen molar-refractivity contribution in [2.75, 3.05) is 23.7 Å². The third-order valence-electron chi connectivity index (χ3n) is 5.88. The highest BCUT2D eigenvalue weighted by Gasteiger charge is 2.32. The van der Waals surface area contributed by atoms with E-state index >= 15 is 0 Å². The van der Waals surface area contributed by atoms with Gasteiger partial charge in [-0.1, -0.05) is 72.6 Å². The Labute approximate surface area is 234 Å². The van der Waals surface area contributed by atoms with Gasteiger partial charge in [0.1, 0.15) is 12.6 Å². The van der Waals surface area contributed by atoms with E-state index in [2.05, 4.69) is 5.32 Å². The summed E-state index contributed by atoms with van der Waals surface area (Å²) in [7, 11) is -3.83. The fourth-order valence-corrected chi connectivity index (χ4v) is 5.03. The lowest BCUT2D eigenvalue weighted by molar-refractivity contribution is -0.140. The molecule has 3 aromatic rings. The zero-order chi connectivity index (χ0) is 27.7. The number of halogens is 2. The van der Waals surface area contributed by atoms with E-state index in [1.807, 2.05) is 37.3 Å². The van der Waals surface area contributed by atoms with Gasteiger partial charge >= 0.3 is 0 Å². The fraction of sp³-hybridized carbons (Fsp3) is 0.286. The van der Waals surface area contributed by atoms with Crippen LogP contribution in [0.1, 0.15) is 24.5 Å². The molecule has 0 spiro atoms. The second-order valence-corrected chi connectivity index (χ2v) is 11.7. The first-order chi connectivity index (χ1) is 18.1. The van der Waals surface area contributed by atoms with Gasteiger partial charge in [-0.05, 0) is 53.9 Å². The van der Waals surface area contributed by atoms with Crippen LogP contribution < -0.4 is 9.62 Å². The van der Waals surface area contributed by atoms with Gasteiger partial charge in [0.25, 0.3) is 0 Å². The van der Waals surface area contributed by atoms with Crippen molar-refractivity contribution in [2.45, 2.75) is 32.4 Å². The van der Waals surface area contributed by atoms with Gasteiger partial charge in [-0.2, -0.15) is 0 Å². The number of carbonyl (C=O) groups excluding carboxylic acids is 2. The lowest BCUT2D eigenvalue weighted by atomic mass is 10.0. The number of hydrogen-bond acceptors (Lipinski definition) is 4. The molecule has 0 fully saturated rings. The highest BCUT2D eigenvalue weighted by Crippen LogP contribution is 2.22. The van der Waals surface area contributed by atoms with E-state index in [-0.39, 0.29) is 18.9 Å². The molecular formula is C28H31Cl2N3O4S. The first-order valence-electron chi connectivity index (χ1n) is 12.2. The molecule has 1 N–H and O–H groups in total. The number of hydrogen-bond donors (Lipinski definition) is 1. The van der Waals surface area contributed by atoms with Crippen molar-refractivity contribution in [3.05, 3.63) is 100 Å². The Kier molecular flexibility index (Phi) is 10.6. The van der Waals surface area contributed by atoms with Crippen molar-refractivity contribution < 1.29 is 18.0 Å². The largest absolute Gasteiger partial charge is 0.354 e. The van der Waals surface area contributed by atoms with Gasteiger partial charge in [-0.25, -0.2) is 8.42 Å². The molecule has 0 radical (unpaired) electrons. The maximum absolute atomic E-state index is 13.9. The molecule has 0 aliphatic rings. The number of anilines is 1. The molecule has 0 aromatic heterocycles. The number of carbonyl (C=O) groups is 2. The molecular weight excluding hydrogens is 545 g/mol. The minimum Gasteiger partial charge on any atom is -0.354 e. The van der Waals surface area contributed by atoms with E-state index in [1.165, 1.54) is 17.0 Å². The van der Waals surface area contributed by atoms with E-state index < -0.39 is 28.5 Å². The first-order valence-corrected chi connectivity index (χ1v) is 14.8. The monoisotopic (exact) mass is 575 g/mol. The Balaban J connectivity index is 2.02. The molecule has 3 rings (SSSR count). The van der Waals surface area contributed by atoms with E-state index in [0.717, 1.165) is 28.1 Å². The summed E-state index contributed by atoms with van der Waals surface area (Å²) in [5, 5.41) is 3.88. The third-order valence-corrected chi connectivity index (χ3v) is 7.52. The second-order valence-electron chi connectivity index (χ2n) is 8.89. The number of sulfonamides is 1. The summed E-state index contributed by atoms with van der Waals surface area (Å²) in [5.41, 5.74) is 1.92. The number of amides is 2. The van der Waals surface area contributed by atoms with Gasteiger partial charge < -0.3 is 10.2 Å². The SMILES string of the molecule is CCCNC(=O)[C@@H](Cc1ccccc1)N(Cc1ccc(Cl)cc1)C(=O)CN(c1ccc(Cl)cc1)S(C)(=O)=O. The molecule has 0 saturated carbocycles. The molecule has 0 aliphatic heterocycles. The van der Waals surface area contributed by atoms with Crippen LogP contribution in [-0.4, -0.2) is 50.5 Å². The molecule has 7 nitrogen and oxygen atoms in total. The van der Waals surface area contributed by atoms with Crippen molar-refractivity contribution in [1.29, 1.82) is 0 Å². The van der Waals surface area contributed by atoms with Crippen molar-refractivity contribution in [3.8, 4) is 0 Å². The summed E-state index contributed by atoms with van der Waals surface area (Å²) in [6, 6.07) is 21.7. The van der Waals surface area contributed by atoms with Crippen LogP contribution >= 0.6 is 23.2 Å².